The van der Waals surface area contributed by atoms with E-state index in [0.717, 1.165) is 31.0 Å². The van der Waals surface area contributed by atoms with Gasteiger partial charge in [0.1, 0.15) is 17.2 Å². The molecule has 1 unspecified atom stereocenters. The van der Waals surface area contributed by atoms with Crippen molar-refractivity contribution in [3.8, 4) is 0 Å². The van der Waals surface area contributed by atoms with E-state index in [-0.39, 0.29) is 29.9 Å². The SMILES string of the molecule is CC(CNC(=O)Cc1cc(F)ccc1F)C1CCN(C(=O)OC(C)(C)C)CC1. The van der Waals surface area contributed by atoms with Gasteiger partial charge >= 0.3 is 6.09 Å². The number of likely N-dealkylation sites (tertiary alicyclic amines) is 1. The maximum Gasteiger partial charge on any atom is 0.410 e. The van der Waals surface area contributed by atoms with E-state index in [1.165, 1.54) is 0 Å². The minimum atomic E-state index is -0.584. The molecule has 0 aliphatic carbocycles. The quantitative estimate of drug-likeness (QED) is 0.821. The first-order chi connectivity index (χ1) is 13.0. The first-order valence-corrected chi connectivity index (χ1v) is 9.73. The molecule has 2 rings (SSSR count). The number of piperidine rings is 1. The van der Waals surface area contributed by atoms with Crippen LogP contribution in [0.3, 0.4) is 0 Å². The molecular formula is C21H30F2N2O3. The van der Waals surface area contributed by atoms with Crippen LogP contribution in [0, 0.1) is 23.5 Å². The summed E-state index contributed by atoms with van der Waals surface area (Å²) < 4.78 is 32.2. The van der Waals surface area contributed by atoms with Crippen LogP contribution in [0.2, 0.25) is 0 Å². The van der Waals surface area contributed by atoms with Gasteiger partial charge < -0.3 is 15.0 Å². The molecule has 1 atom stereocenters. The van der Waals surface area contributed by atoms with Crippen LogP contribution in [0.4, 0.5) is 13.6 Å². The number of ether oxygens (including phenoxy) is 1. The molecule has 1 N–H and O–H groups in total. The number of benzene rings is 1. The predicted molar refractivity (Wildman–Crippen MR) is 103 cm³/mol. The minimum Gasteiger partial charge on any atom is -0.444 e. The molecule has 1 fully saturated rings. The van der Waals surface area contributed by atoms with Gasteiger partial charge in [0.2, 0.25) is 5.91 Å². The predicted octanol–water partition coefficient (Wildman–Crippen LogP) is 3.91. The largest absolute Gasteiger partial charge is 0.444 e. The molecule has 1 aliphatic heterocycles. The van der Waals surface area contributed by atoms with E-state index in [1.807, 2.05) is 20.8 Å². The van der Waals surface area contributed by atoms with Crippen molar-refractivity contribution in [1.82, 2.24) is 10.2 Å². The molecule has 0 radical (unpaired) electrons. The number of rotatable bonds is 5. The van der Waals surface area contributed by atoms with E-state index in [9.17, 15) is 18.4 Å². The topological polar surface area (TPSA) is 58.6 Å². The number of amides is 2. The summed E-state index contributed by atoms with van der Waals surface area (Å²) in [5.41, 5.74) is -0.456. The zero-order chi connectivity index (χ0) is 20.9. The summed E-state index contributed by atoms with van der Waals surface area (Å²) in [6.45, 7) is 9.32. The van der Waals surface area contributed by atoms with Crippen LogP contribution < -0.4 is 5.32 Å². The molecule has 1 aromatic carbocycles. The normalized spacial score (nSPS) is 16.6. The van der Waals surface area contributed by atoms with Crippen LogP contribution in [-0.4, -0.2) is 42.1 Å². The highest BCUT2D eigenvalue weighted by molar-refractivity contribution is 5.78. The Balaban J connectivity index is 1.75. The van der Waals surface area contributed by atoms with Gasteiger partial charge in [-0.1, -0.05) is 6.92 Å². The zero-order valence-corrected chi connectivity index (χ0v) is 17.1. The Labute approximate surface area is 165 Å². The van der Waals surface area contributed by atoms with Crippen molar-refractivity contribution in [3.63, 3.8) is 0 Å². The second-order valence-corrected chi connectivity index (χ2v) is 8.50. The Morgan fingerprint density at radius 3 is 2.50 bits per heavy atom. The molecule has 1 aromatic rings. The van der Waals surface area contributed by atoms with E-state index >= 15 is 0 Å². The average molecular weight is 396 g/mol. The highest BCUT2D eigenvalue weighted by atomic mass is 19.1. The summed E-state index contributed by atoms with van der Waals surface area (Å²) in [5, 5.41) is 2.81. The lowest BCUT2D eigenvalue weighted by Gasteiger charge is -2.35. The fourth-order valence-corrected chi connectivity index (χ4v) is 3.33. The molecular weight excluding hydrogens is 366 g/mol. The molecule has 0 saturated carbocycles. The van der Waals surface area contributed by atoms with Gasteiger partial charge in [0.25, 0.3) is 0 Å². The van der Waals surface area contributed by atoms with Gasteiger partial charge in [-0.05, 0) is 63.6 Å². The molecule has 1 aliphatic rings. The van der Waals surface area contributed by atoms with Crippen molar-refractivity contribution in [3.05, 3.63) is 35.4 Å². The molecule has 5 nitrogen and oxygen atoms in total. The second-order valence-electron chi connectivity index (χ2n) is 8.50. The van der Waals surface area contributed by atoms with Crippen LogP contribution in [0.5, 0.6) is 0 Å². The number of carbonyl (C=O) groups is 2. The van der Waals surface area contributed by atoms with Crippen molar-refractivity contribution in [2.45, 2.75) is 52.6 Å². The first-order valence-electron chi connectivity index (χ1n) is 9.73. The minimum absolute atomic E-state index is 0.0517. The zero-order valence-electron chi connectivity index (χ0n) is 17.1. The van der Waals surface area contributed by atoms with Crippen molar-refractivity contribution in [2.75, 3.05) is 19.6 Å². The van der Waals surface area contributed by atoms with Crippen molar-refractivity contribution >= 4 is 12.0 Å². The number of nitrogens with zero attached hydrogens (tertiary/aromatic N) is 1. The van der Waals surface area contributed by atoms with Crippen LogP contribution in [-0.2, 0) is 16.0 Å². The molecule has 0 bridgehead atoms. The Hall–Kier alpha value is -2.18. The standard InChI is InChI=1S/C21H30F2N2O3/c1-14(13-24-19(26)12-16-11-17(22)5-6-18(16)23)15-7-9-25(10-8-15)20(27)28-21(2,3)4/h5-6,11,14-15H,7-10,12-13H2,1-4H3,(H,24,26). The maximum absolute atomic E-state index is 13.6. The van der Waals surface area contributed by atoms with Crippen LogP contribution in [0.25, 0.3) is 0 Å². The third kappa shape index (κ3) is 6.77. The Bertz CT molecular complexity index is 695. The molecule has 7 heteroatoms. The van der Waals surface area contributed by atoms with Crippen molar-refractivity contribution < 1.29 is 23.1 Å². The lowest BCUT2D eigenvalue weighted by Crippen LogP contribution is -2.43. The van der Waals surface area contributed by atoms with Crippen molar-refractivity contribution in [1.29, 1.82) is 0 Å². The summed E-state index contributed by atoms with van der Waals surface area (Å²) in [7, 11) is 0. The highest BCUT2D eigenvalue weighted by Gasteiger charge is 2.29. The summed E-state index contributed by atoms with van der Waals surface area (Å²) in [6, 6.07) is 3.10. The Kier molecular flexibility index (Phi) is 7.38. The van der Waals surface area contributed by atoms with E-state index in [4.69, 9.17) is 4.74 Å². The van der Waals surface area contributed by atoms with Gasteiger partial charge in [-0.25, -0.2) is 13.6 Å². The Morgan fingerprint density at radius 1 is 1.25 bits per heavy atom. The van der Waals surface area contributed by atoms with Gasteiger partial charge in [-0.15, -0.1) is 0 Å². The molecule has 0 spiro atoms. The van der Waals surface area contributed by atoms with E-state index < -0.39 is 17.2 Å². The van der Waals surface area contributed by atoms with Crippen LogP contribution in [0.1, 0.15) is 46.1 Å². The maximum atomic E-state index is 13.6. The van der Waals surface area contributed by atoms with Gasteiger partial charge in [0.05, 0.1) is 6.42 Å². The van der Waals surface area contributed by atoms with Gasteiger partial charge in [-0.3, -0.25) is 4.79 Å². The van der Waals surface area contributed by atoms with E-state index in [1.54, 1.807) is 4.90 Å². The smallest absolute Gasteiger partial charge is 0.410 e. The number of nitrogens with one attached hydrogen (secondary N) is 1. The van der Waals surface area contributed by atoms with Gasteiger partial charge in [0.15, 0.2) is 0 Å². The fourth-order valence-electron chi connectivity index (χ4n) is 3.33. The first kappa shape index (κ1) is 22.1. The van der Waals surface area contributed by atoms with Crippen LogP contribution >= 0.6 is 0 Å². The van der Waals surface area contributed by atoms with Gasteiger partial charge in [0, 0.05) is 25.2 Å². The third-order valence-electron chi connectivity index (χ3n) is 4.98. The molecule has 1 saturated heterocycles. The lowest BCUT2D eigenvalue weighted by atomic mass is 9.85. The molecule has 0 aromatic heterocycles. The summed E-state index contributed by atoms with van der Waals surface area (Å²) in [6.07, 6.45) is 1.21. The number of halogens is 2. The molecule has 156 valence electrons. The summed E-state index contributed by atoms with van der Waals surface area (Å²) >= 11 is 0. The molecule has 2 amide bonds. The second kappa shape index (κ2) is 9.34. The number of hydrogen-bond acceptors (Lipinski definition) is 3. The number of hydrogen-bond donors (Lipinski definition) is 1. The van der Waals surface area contributed by atoms with Gasteiger partial charge in [-0.2, -0.15) is 0 Å². The average Bonchev–Trinajstić information content (AvgIpc) is 2.61. The monoisotopic (exact) mass is 396 g/mol. The third-order valence-corrected chi connectivity index (χ3v) is 4.98. The summed E-state index contributed by atoms with van der Waals surface area (Å²) in [5.74, 6) is -0.872. The summed E-state index contributed by atoms with van der Waals surface area (Å²) in [4.78, 5) is 25.9. The Morgan fingerprint density at radius 2 is 1.89 bits per heavy atom. The fraction of sp³-hybridized carbons (Fsp3) is 0.619. The lowest BCUT2D eigenvalue weighted by molar-refractivity contribution is -0.120. The van der Waals surface area contributed by atoms with E-state index in [0.29, 0.717) is 25.6 Å². The molecule has 1 heterocycles. The van der Waals surface area contributed by atoms with Crippen molar-refractivity contribution in [2.24, 2.45) is 11.8 Å². The molecule has 28 heavy (non-hydrogen) atoms. The number of carbonyl (C=O) groups excluding carboxylic acids is 2. The highest BCUT2D eigenvalue weighted by Crippen LogP contribution is 2.25. The van der Waals surface area contributed by atoms with E-state index in [2.05, 4.69) is 12.2 Å². The van der Waals surface area contributed by atoms with Crippen LogP contribution in [0.15, 0.2) is 18.2 Å².